The third kappa shape index (κ3) is 3.33. The Morgan fingerprint density at radius 2 is 1.89 bits per heavy atom. The molecule has 3 nitrogen and oxygen atoms in total. The van der Waals surface area contributed by atoms with Crippen LogP contribution in [0.4, 0.5) is 0 Å². The molecule has 1 aliphatic rings. The Morgan fingerprint density at radius 3 is 2.39 bits per heavy atom. The summed E-state index contributed by atoms with van der Waals surface area (Å²) < 4.78 is 0. The standard InChI is InChI=1S/C15H22N2O/c1-3-12-4-6-13(7-5-12)11-17(14-8-9-14)15(18)10-16-2/h4-7,14,16H,3,8-11H2,1-2H3. The fourth-order valence-electron chi connectivity index (χ4n) is 2.14. The maximum atomic E-state index is 12.0. The number of nitrogens with zero attached hydrogens (tertiary/aromatic N) is 1. The second-order valence-electron chi connectivity index (χ2n) is 4.95. The third-order valence-corrected chi connectivity index (χ3v) is 3.42. The lowest BCUT2D eigenvalue weighted by Crippen LogP contribution is -2.38. The predicted octanol–water partition coefficient (Wildman–Crippen LogP) is 1.96. The highest BCUT2D eigenvalue weighted by Gasteiger charge is 2.31. The van der Waals surface area contributed by atoms with Crippen molar-refractivity contribution in [2.75, 3.05) is 13.6 Å². The number of benzene rings is 1. The molecule has 0 heterocycles. The van der Waals surface area contributed by atoms with Crippen molar-refractivity contribution in [2.45, 2.75) is 38.8 Å². The normalized spacial score (nSPS) is 14.6. The van der Waals surface area contributed by atoms with E-state index in [9.17, 15) is 4.79 Å². The number of hydrogen-bond donors (Lipinski definition) is 1. The number of rotatable bonds is 6. The maximum Gasteiger partial charge on any atom is 0.237 e. The first-order chi connectivity index (χ1) is 8.74. The number of hydrogen-bond acceptors (Lipinski definition) is 2. The number of amides is 1. The van der Waals surface area contributed by atoms with Crippen molar-refractivity contribution in [3.05, 3.63) is 35.4 Å². The zero-order valence-corrected chi connectivity index (χ0v) is 11.3. The van der Waals surface area contributed by atoms with E-state index in [1.807, 2.05) is 11.9 Å². The highest BCUT2D eigenvalue weighted by molar-refractivity contribution is 5.78. The van der Waals surface area contributed by atoms with Crippen LogP contribution in [0.15, 0.2) is 24.3 Å². The topological polar surface area (TPSA) is 32.3 Å². The van der Waals surface area contributed by atoms with E-state index in [2.05, 4.69) is 36.5 Å². The first kappa shape index (κ1) is 13.1. The molecular formula is C15H22N2O. The number of carbonyl (C=O) groups is 1. The van der Waals surface area contributed by atoms with Crippen LogP contribution in [-0.4, -0.2) is 30.4 Å². The van der Waals surface area contributed by atoms with Gasteiger partial charge in [-0.25, -0.2) is 0 Å². The largest absolute Gasteiger partial charge is 0.334 e. The van der Waals surface area contributed by atoms with Gasteiger partial charge in [0.05, 0.1) is 6.54 Å². The number of carbonyl (C=O) groups excluding carboxylic acids is 1. The van der Waals surface area contributed by atoms with Crippen LogP contribution in [0.5, 0.6) is 0 Å². The van der Waals surface area contributed by atoms with Crippen molar-refractivity contribution in [3.63, 3.8) is 0 Å². The van der Waals surface area contributed by atoms with E-state index in [0.717, 1.165) is 25.8 Å². The van der Waals surface area contributed by atoms with Crippen LogP contribution >= 0.6 is 0 Å². The molecule has 0 unspecified atom stereocenters. The molecule has 0 bridgehead atoms. The Labute approximate surface area is 109 Å². The van der Waals surface area contributed by atoms with E-state index in [1.54, 1.807) is 0 Å². The summed E-state index contributed by atoms with van der Waals surface area (Å²) in [5, 5.41) is 2.94. The van der Waals surface area contributed by atoms with E-state index in [4.69, 9.17) is 0 Å². The Morgan fingerprint density at radius 1 is 1.28 bits per heavy atom. The summed E-state index contributed by atoms with van der Waals surface area (Å²) in [6.07, 6.45) is 3.37. The van der Waals surface area contributed by atoms with Gasteiger partial charge in [0, 0.05) is 12.6 Å². The number of likely N-dealkylation sites (N-methyl/N-ethyl adjacent to an activating group) is 1. The van der Waals surface area contributed by atoms with Gasteiger partial charge in [0.2, 0.25) is 5.91 Å². The van der Waals surface area contributed by atoms with Gasteiger partial charge in [-0.15, -0.1) is 0 Å². The van der Waals surface area contributed by atoms with Gasteiger partial charge in [0.25, 0.3) is 0 Å². The monoisotopic (exact) mass is 246 g/mol. The van der Waals surface area contributed by atoms with Crippen molar-refractivity contribution in [1.82, 2.24) is 10.2 Å². The van der Waals surface area contributed by atoms with Gasteiger partial charge in [-0.2, -0.15) is 0 Å². The molecule has 0 aromatic heterocycles. The number of nitrogens with one attached hydrogen (secondary N) is 1. The van der Waals surface area contributed by atoms with E-state index in [1.165, 1.54) is 11.1 Å². The Hall–Kier alpha value is -1.35. The molecule has 0 radical (unpaired) electrons. The van der Waals surface area contributed by atoms with Crippen molar-refractivity contribution < 1.29 is 4.79 Å². The number of aryl methyl sites for hydroxylation is 1. The van der Waals surface area contributed by atoms with Crippen LogP contribution < -0.4 is 5.32 Å². The fourth-order valence-corrected chi connectivity index (χ4v) is 2.14. The Bertz CT molecular complexity index is 395. The average molecular weight is 246 g/mol. The van der Waals surface area contributed by atoms with E-state index in [0.29, 0.717) is 12.6 Å². The van der Waals surface area contributed by atoms with Crippen molar-refractivity contribution >= 4 is 5.91 Å². The molecule has 0 saturated heterocycles. The molecule has 1 saturated carbocycles. The molecule has 18 heavy (non-hydrogen) atoms. The quantitative estimate of drug-likeness (QED) is 0.832. The van der Waals surface area contributed by atoms with Crippen molar-refractivity contribution in [2.24, 2.45) is 0 Å². The minimum atomic E-state index is 0.208. The fraction of sp³-hybridized carbons (Fsp3) is 0.533. The Balaban J connectivity index is 2.01. The summed E-state index contributed by atoms with van der Waals surface area (Å²) in [6.45, 7) is 3.33. The average Bonchev–Trinajstić information content (AvgIpc) is 3.21. The van der Waals surface area contributed by atoms with E-state index in [-0.39, 0.29) is 5.91 Å². The summed E-state index contributed by atoms with van der Waals surface area (Å²) in [5.41, 5.74) is 2.57. The van der Waals surface area contributed by atoms with Crippen LogP contribution in [0.2, 0.25) is 0 Å². The third-order valence-electron chi connectivity index (χ3n) is 3.42. The predicted molar refractivity (Wildman–Crippen MR) is 73.3 cm³/mol. The summed E-state index contributed by atoms with van der Waals surface area (Å²) in [6, 6.07) is 9.06. The molecule has 98 valence electrons. The smallest absolute Gasteiger partial charge is 0.237 e. The van der Waals surface area contributed by atoms with Crippen LogP contribution in [0.1, 0.15) is 30.9 Å². The van der Waals surface area contributed by atoms with Gasteiger partial charge in [-0.3, -0.25) is 4.79 Å². The summed E-state index contributed by atoms with van der Waals surface area (Å²) >= 11 is 0. The second kappa shape index (κ2) is 6.01. The highest BCUT2D eigenvalue weighted by Crippen LogP contribution is 2.28. The summed E-state index contributed by atoms with van der Waals surface area (Å²) in [7, 11) is 1.82. The van der Waals surface area contributed by atoms with Crippen LogP contribution in [-0.2, 0) is 17.8 Å². The maximum absolute atomic E-state index is 12.0. The summed E-state index contributed by atoms with van der Waals surface area (Å²) in [4.78, 5) is 14.0. The van der Waals surface area contributed by atoms with Gasteiger partial charge in [0.1, 0.15) is 0 Å². The first-order valence-corrected chi connectivity index (χ1v) is 6.76. The van der Waals surface area contributed by atoms with Gasteiger partial charge in [0.15, 0.2) is 0 Å². The SMILES string of the molecule is CCc1ccc(CN(C(=O)CNC)C2CC2)cc1. The molecule has 1 fully saturated rings. The van der Waals surface area contributed by atoms with Crippen LogP contribution in [0.3, 0.4) is 0 Å². The Kier molecular flexibility index (Phi) is 4.37. The molecule has 1 aromatic carbocycles. The van der Waals surface area contributed by atoms with Crippen LogP contribution in [0, 0.1) is 0 Å². The molecule has 0 spiro atoms. The first-order valence-electron chi connectivity index (χ1n) is 6.76. The summed E-state index contributed by atoms with van der Waals surface area (Å²) in [5.74, 6) is 0.208. The highest BCUT2D eigenvalue weighted by atomic mass is 16.2. The van der Waals surface area contributed by atoms with Gasteiger partial charge in [-0.05, 0) is 37.4 Å². The molecule has 2 rings (SSSR count). The van der Waals surface area contributed by atoms with E-state index < -0.39 is 0 Å². The molecule has 0 atom stereocenters. The molecule has 3 heteroatoms. The molecule has 1 aromatic rings. The molecule has 1 aliphatic carbocycles. The van der Waals surface area contributed by atoms with Gasteiger partial charge < -0.3 is 10.2 Å². The van der Waals surface area contributed by atoms with Crippen molar-refractivity contribution in [1.29, 1.82) is 0 Å². The molecule has 1 amide bonds. The lowest BCUT2D eigenvalue weighted by atomic mass is 10.1. The molecule has 1 N–H and O–H groups in total. The zero-order valence-electron chi connectivity index (χ0n) is 11.3. The minimum Gasteiger partial charge on any atom is -0.334 e. The lowest BCUT2D eigenvalue weighted by molar-refractivity contribution is -0.131. The molecular weight excluding hydrogens is 224 g/mol. The van der Waals surface area contributed by atoms with Gasteiger partial charge >= 0.3 is 0 Å². The van der Waals surface area contributed by atoms with Gasteiger partial charge in [-0.1, -0.05) is 31.2 Å². The molecule has 0 aliphatic heterocycles. The second-order valence-corrected chi connectivity index (χ2v) is 4.95. The van der Waals surface area contributed by atoms with Crippen LogP contribution in [0.25, 0.3) is 0 Å². The van der Waals surface area contributed by atoms with E-state index >= 15 is 0 Å². The minimum absolute atomic E-state index is 0.208. The van der Waals surface area contributed by atoms with Crippen molar-refractivity contribution in [3.8, 4) is 0 Å². The lowest BCUT2D eigenvalue weighted by Gasteiger charge is -2.22. The zero-order chi connectivity index (χ0) is 13.0.